The van der Waals surface area contributed by atoms with E-state index in [0.717, 1.165) is 29.9 Å². The van der Waals surface area contributed by atoms with Crippen molar-refractivity contribution in [1.29, 1.82) is 0 Å². The lowest BCUT2D eigenvalue weighted by Crippen LogP contribution is -2.03. The SMILES string of the molecule is C=Cn1cnc2c(NCCC)ncnc21. The molecule has 0 radical (unpaired) electrons. The first kappa shape index (κ1) is 9.64. The first-order valence-electron chi connectivity index (χ1n) is 4.90. The Balaban J connectivity index is 2.47. The van der Waals surface area contributed by atoms with E-state index in [-0.39, 0.29) is 0 Å². The highest BCUT2D eigenvalue weighted by Gasteiger charge is 2.07. The van der Waals surface area contributed by atoms with Crippen LogP contribution in [-0.2, 0) is 0 Å². The maximum absolute atomic E-state index is 4.25. The fourth-order valence-electron chi connectivity index (χ4n) is 1.36. The number of fused-ring (bicyclic) bond motifs is 1. The predicted molar refractivity (Wildman–Crippen MR) is 60.5 cm³/mol. The molecule has 0 spiro atoms. The Morgan fingerprint density at radius 2 is 2.33 bits per heavy atom. The van der Waals surface area contributed by atoms with Gasteiger partial charge in [0, 0.05) is 12.7 Å². The number of aromatic nitrogens is 4. The molecule has 0 aliphatic rings. The van der Waals surface area contributed by atoms with Crippen LogP contribution in [0.5, 0.6) is 0 Å². The molecular formula is C10H13N5. The van der Waals surface area contributed by atoms with Gasteiger partial charge in [0.25, 0.3) is 0 Å². The quantitative estimate of drug-likeness (QED) is 0.822. The Kier molecular flexibility index (Phi) is 2.62. The first-order chi connectivity index (χ1) is 7.36. The number of anilines is 1. The Labute approximate surface area is 87.9 Å². The van der Waals surface area contributed by atoms with Crippen molar-refractivity contribution in [2.24, 2.45) is 0 Å². The van der Waals surface area contributed by atoms with E-state index in [1.54, 1.807) is 17.1 Å². The molecule has 0 bridgehead atoms. The molecule has 78 valence electrons. The van der Waals surface area contributed by atoms with Gasteiger partial charge in [-0.2, -0.15) is 0 Å². The molecule has 1 N–H and O–H groups in total. The van der Waals surface area contributed by atoms with Gasteiger partial charge in [-0.05, 0) is 6.42 Å². The van der Waals surface area contributed by atoms with Crippen LogP contribution in [0.1, 0.15) is 13.3 Å². The van der Waals surface area contributed by atoms with Crippen LogP contribution in [0.3, 0.4) is 0 Å². The number of nitrogens with one attached hydrogen (secondary N) is 1. The number of hydrogen-bond acceptors (Lipinski definition) is 4. The Bertz CT molecular complexity index is 474. The average molecular weight is 203 g/mol. The van der Waals surface area contributed by atoms with Crippen LogP contribution in [0.15, 0.2) is 19.2 Å². The highest BCUT2D eigenvalue weighted by Crippen LogP contribution is 2.16. The van der Waals surface area contributed by atoms with E-state index in [2.05, 4.69) is 33.8 Å². The molecule has 0 aliphatic heterocycles. The molecule has 5 nitrogen and oxygen atoms in total. The molecule has 2 rings (SSSR count). The number of nitrogens with zero attached hydrogens (tertiary/aromatic N) is 4. The minimum Gasteiger partial charge on any atom is -0.368 e. The largest absolute Gasteiger partial charge is 0.368 e. The van der Waals surface area contributed by atoms with Crippen molar-refractivity contribution in [2.75, 3.05) is 11.9 Å². The van der Waals surface area contributed by atoms with Crippen molar-refractivity contribution < 1.29 is 0 Å². The van der Waals surface area contributed by atoms with E-state index in [0.29, 0.717) is 0 Å². The minimum atomic E-state index is 0.776. The van der Waals surface area contributed by atoms with Crippen LogP contribution in [0, 0.1) is 0 Å². The first-order valence-corrected chi connectivity index (χ1v) is 4.90. The van der Waals surface area contributed by atoms with Gasteiger partial charge in [0.2, 0.25) is 0 Å². The summed E-state index contributed by atoms with van der Waals surface area (Å²) in [5.74, 6) is 0.780. The molecule has 0 atom stereocenters. The summed E-state index contributed by atoms with van der Waals surface area (Å²) in [6.45, 7) is 6.67. The molecule has 0 saturated carbocycles. The molecular weight excluding hydrogens is 190 g/mol. The molecule has 2 heterocycles. The standard InChI is InChI=1S/C10H13N5/c1-3-5-11-9-8-10(13-6-12-9)15(4-2)7-14-8/h4,6-7H,2-3,5H2,1H3,(H,11,12,13). The summed E-state index contributed by atoms with van der Waals surface area (Å²) in [7, 11) is 0. The fourth-order valence-corrected chi connectivity index (χ4v) is 1.36. The summed E-state index contributed by atoms with van der Waals surface area (Å²) in [5.41, 5.74) is 1.56. The van der Waals surface area contributed by atoms with Gasteiger partial charge in [0.1, 0.15) is 12.7 Å². The molecule has 0 fully saturated rings. The summed E-state index contributed by atoms with van der Waals surface area (Å²) < 4.78 is 1.77. The van der Waals surface area contributed by atoms with Crippen molar-refractivity contribution in [3.05, 3.63) is 19.2 Å². The van der Waals surface area contributed by atoms with Crippen molar-refractivity contribution in [2.45, 2.75) is 13.3 Å². The molecule has 0 aromatic carbocycles. The van der Waals surface area contributed by atoms with Crippen molar-refractivity contribution in [3.63, 3.8) is 0 Å². The van der Waals surface area contributed by atoms with Gasteiger partial charge in [-0.3, -0.25) is 4.57 Å². The second-order valence-electron chi connectivity index (χ2n) is 3.16. The summed E-state index contributed by atoms with van der Waals surface area (Å²) in [6.07, 6.45) is 5.94. The van der Waals surface area contributed by atoms with E-state index in [9.17, 15) is 0 Å². The van der Waals surface area contributed by atoms with Gasteiger partial charge in [-0.15, -0.1) is 0 Å². The molecule has 0 aliphatic carbocycles. The van der Waals surface area contributed by atoms with Crippen LogP contribution in [-0.4, -0.2) is 26.1 Å². The zero-order valence-electron chi connectivity index (χ0n) is 8.64. The Morgan fingerprint density at radius 1 is 1.47 bits per heavy atom. The summed E-state index contributed by atoms with van der Waals surface area (Å²) in [5, 5.41) is 3.21. The van der Waals surface area contributed by atoms with Gasteiger partial charge in [-0.1, -0.05) is 13.5 Å². The van der Waals surface area contributed by atoms with E-state index in [1.807, 2.05) is 0 Å². The smallest absolute Gasteiger partial charge is 0.169 e. The second-order valence-corrected chi connectivity index (χ2v) is 3.16. The number of rotatable bonds is 4. The van der Waals surface area contributed by atoms with Crippen LogP contribution in [0.4, 0.5) is 5.82 Å². The zero-order valence-corrected chi connectivity index (χ0v) is 8.64. The van der Waals surface area contributed by atoms with Crippen molar-refractivity contribution >= 4 is 23.2 Å². The van der Waals surface area contributed by atoms with E-state index in [4.69, 9.17) is 0 Å². The maximum atomic E-state index is 4.25. The number of hydrogen-bond donors (Lipinski definition) is 1. The highest BCUT2D eigenvalue weighted by atomic mass is 15.1. The molecule has 0 amide bonds. The van der Waals surface area contributed by atoms with Gasteiger partial charge >= 0.3 is 0 Å². The van der Waals surface area contributed by atoms with Gasteiger partial charge in [0.15, 0.2) is 17.0 Å². The third kappa shape index (κ3) is 1.68. The van der Waals surface area contributed by atoms with Crippen LogP contribution < -0.4 is 5.32 Å². The van der Waals surface area contributed by atoms with Gasteiger partial charge in [-0.25, -0.2) is 15.0 Å². The molecule has 0 saturated heterocycles. The summed E-state index contributed by atoms with van der Waals surface area (Å²) >= 11 is 0. The summed E-state index contributed by atoms with van der Waals surface area (Å²) in [4.78, 5) is 12.6. The highest BCUT2D eigenvalue weighted by molar-refractivity contribution is 5.83. The maximum Gasteiger partial charge on any atom is 0.169 e. The Hall–Kier alpha value is -1.91. The topological polar surface area (TPSA) is 55.6 Å². The van der Waals surface area contributed by atoms with Gasteiger partial charge < -0.3 is 5.32 Å². The van der Waals surface area contributed by atoms with Crippen LogP contribution in [0.25, 0.3) is 17.4 Å². The second kappa shape index (κ2) is 4.08. The van der Waals surface area contributed by atoms with Crippen LogP contribution >= 0.6 is 0 Å². The van der Waals surface area contributed by atoms with E-state index < -0.39 is 0 Å². The minimum absolute atomic E-state index is 0.776. The van der Waals surface area contributed by atoms with Crippen molar-refractivity contribution in [1.82, 2.24) is 19.5 Å². The normalized spacial score (nSPS) is 10.5. The van der Waals surface area contributed by atoms with Gasteiger partial charge in [0.05, 0.1) is 0 Å². The third-order valence-electron chi connectivity index (χ3n) is 2.10. The average Bonchev–Trinajstić information content (AvgIpc) is 2.69. The van der Waals surface area contributed by atoms with Crippen molar-refractivity contribution in [3.8, 4) is 0 Å². The lowest BCUT2D eigenvalue weighted by Gasteiger charge is -2.03. The zero-order chi connectivity index (χ0) is 10.7. The Morgan fingerprint density at radius 3 is 3.07 bits per heavy atom. The molecule has 0 unspecified atom stereocenters. The lowest BCUT2D eigenvalue weighted by atomic mass is 10.4. The third-order valence-corrected chi connectivity index (χ3v) is 2.10. The van der Waals surface area contributed by atoms with Crippen LogP contribution in [0.2, 0.25) is 0 Å². The van der Waals surface area contributed by atoms with E-state index in [1.165, 1.54) is 6.33 Å². The van der Waals surface area contributed by atoms with E-state index >= 15 is 0 Å². The summed E-state index contributed by atoms with van der Waals surface area (Å²) in [6, 6.07) is 0. The molecule has 2 aromatic rings. The fraction of sp³-hybridized carbons (Fsp3) is 0.300. The predicted octanol–water partition coefficient (Wildman–Crippen LogP) is 1.75. The molecule has 2 aromatic heterocycles. The monoisotopic (exact) mass is 203 g/mol. The molecule has 5 heteroatoms. The lowest BCUT2D eigenvalue weighted by molar-refractivity contribution is 0.968. The number of imidazole rings is 1. The molecule has 15 heavy (non-hydrogen) atoms.